The van der Waals surface area contributed by atoms with E-state index >= 15 is 0 Å². The lowest BCUT2D eigenvalue weighted by Gasteiger charge is -2.06. The molecule has 16 heavy (non-hydrogen) atoms. The molecular weight excluding hydrogens is 222 g/mol. The molecule has 1 aromatic heterocycles. The fraction of sp³-hybridized carbons (Fsp3) is 0.250. The molecule has 0 aliphatic heterocycles. The van der Waals surface area contributed by atoms with Crippen LogP contribution < -0.4 is 5.73 Å². The first-order chi connectivity index (χ1) is 7.63. The summed E-state index contributed by atoms with van der Waals surface area (Å²) >= 11 is 6.09. The van der Waals surface area contributed by atoms with Crippen LogP contribution in [-0.4, -0.2) is 9.78 Å². The van der Waals surface area contributed by atoms with Gasteiger partial charge in [0.25, 0.3) is 0 Å². The standard InChI is InChI=1S/C12H14ClN3/c1-8-3-4-11(5-12(8)13)16-9(2)10(6-14)7-15-16/h3-5,7H,6,14H2,1-2H3. The molecule has 4 heteroatoms. The predicted molar refractivity (Wildman–Crippen MR) is 65.9 cm³/mol. The summed E-state index contributed by atoms with van der Waals surface area (Å²) in [6.07, 6.45) is 1.79. The van der Waals surface area contributed by atoms with Crippen LogP contribution >= 0.6 is 11.6 Å². The van der Waals surface area contributed by atoms with E-state index in [1.54, 1.807) is 6.20 Å². The molecule has 0 aliphatic carbocycles. The van der Waals surface area contributed by atoms with E-state index in [-0.39, 0.29) is 0 Å². The van der Waals surface area contributed by atoms with Gasteiger partial charge < -0.3 is 5.73 Å². The van der Waals surface area contributed by atoms with Crippen LogP contribution in [0, 0.1) is 13.8 Å². The third-order valence-corrected chi connectivity index (χ3v) is 3.14. The molecule has 84 valence electrons. The smallest absolute Gasteiger partial charge is 0.0663 e. The van der Waals surface area contributed by atoms with Crippen LogP contribution in [0.1, 0.15) is 16.8 Å². The Morgan fingerprint density at radius 3 is 2.69 bits per heavy atom. The third-order valence-electron chi connectivity index (χ3n) is 2.73. The number of nitrogens with two attached hydrogens (primary N) is 1. The van der Waals surface area contributed by atoms with Gasteiger partial charge in [0.1, 0.15) is 0 Å². The fourth-order valence-corrected chi connectivity index (χ4v) is 1.79. The summed E-state index contributed by atoms with van der Waals surface area (Å²) in [5.41, 5.74) is 9.76. The number of hydrogen-bond donors (Lipinski definition) is 1. The zero-order chi connectivity index (χ0) is 11.7. The Kier molecular flexibility index (Phi) is 2.99. The first-order valence-electron chi connectivity index (χ1n) is 5.13. The van der Waals surface area contributed by atoms with E-state index in [4.69, 9.17) is 17.3 Å². The highest BCUT2D eigenvalue weighted by molar-refractivity contribution is 6.31. The first kappa shape index (κ1) is 11.2. The van der Waals surface area contributed by atoms with Crippen LogP contribution in [0.2, 0.25) is 5.02 Å². The maximum absolute atomic E-state index is 6.09. The Morgan fingerprint density at radius 1 is 1.38 bits per heavy atom. The zero-order valence-electron chi connectivity index (χ0n) is 9.37. The topological polar surface area (TPSA) is 43.8 Å². The molecule has 0 aliphatic rings. The molecule has 0 fully saturated rings. The van der Waals surface area contributed by atoms with E-state index in [9.17, 15) is 0 Å². The Hall–Kier alpha value is -1.32. The van der Waals surface area contributed by atoms with Crippen molar-refractivity contribution in [3.63, 3.8) is 0 Å². The average Bonchev–Trinajstić information content (AvgIpc) is 2.64. The number of aromatic nitrogens is 2. The molecule has 0 unspecified atom stereocenters. The number of benzene rings is 1. The average molecular weight is 236 g/mol. The minimum Gasteiger partial charge on any atom is -0.326 e. The first-order valence-corrected chi connectivity index (χ1v) is 5.51. The van der Waals surface area contributed by atoms with Crippen molar-refractivity contribution in [2.75, 3.05) is 0 Å². The van der Waals surface area contributed by atoms with Crippen LogP contribution in [0.15, 0.2) is 24.4 Å². The lowest BCUT2D eigenvalue weighted by atomic mass is 10.2. The van der Waals surface area contributed by atoms with E-state index in [1.165, 1.54) is 0 Å². The second-order valence-corrected chi connectivity index (χ2v) is 4.21. The van der Waals surface area contributed by atoms with Gasteiger partial charge in [0.2, 0.25) is 0 Å². The van der Waals surface area contributed by atoms with Gasteiger partial charge in [0, 0.05) is 22.8 Å². The van der Waals surface area contributed by atoms with Gasteiger partial charge in [-0.25, -0.2) is 4.68 Å². The molecular formula is C12H14ClN3. The van der Waals surface area contributed by atoms with Crippen molar-refractivity contribution in [1.82, 2.24) is 9.78 Å². The minimum atomic E-state index is 0.505. The zero-order valence-corrected chi connectivity index (χ0v) is 10.1. The summed E-state index contributed by atoms with van der Waals surface area (Å²) < 4.78 is 1.85. The van der Waals surface area contributed by atoms with Crippen molar-refractivity contribution in [3.8, 4) is 5.69 Å². The Labute approximate surface area is 99.8 Å². The quantitative estimate of drug-likeness (QED) is 0.870. The van der Waals surface area contributed by atoms with Crippen LogP contribution in [0.3, 0.4) is 0 Å². The van der Waals surface area contributed by atoms with Crippen LogP contribution in [-0.2, 0) is 6.54 Å². The molecule has 3 nitrogen and oxygen atoms in total. The molecule has 1 aromatic carbocycles. The summed E-state index contributed by atoms with van der Waals surface area (Å²) in [5.74, 6) is 0. The van der Waals surface area contributed by atoms with Crippen LogP contribution in [0.25, 0.3) is 5.69 Å². The van der Waals surface area contributed by atoms with Gasteiger partial charge in [-0.3, -0.25) is 0 Å². The van der Waals surface area contributed by atoms with Crippen molar-refractivity contribution >= 4 is 11.6 Å². The van der Waals surface area contributed by atoms with Crippen LogP contribution in [0.4, 0.5) is 0 Å². The molecule has 0 amide bonds. The molecule has 0 saturated heterocycles. The predicted octanol–water partition coefficient (Wildman–Crippen LogP) is 2.60. The largest absolute Gasteiger partial charge is 0.326 e. The van der Waals surface area contributed by atoms with Gasteiger partial charge in [0.15, 0.2) is 0 Å². The second kappa shape index (κ2) is 4.28. The third kappa shape index (κ3) is 1.84. The van der Waals surface area contributed by atoms with Gasteiger partial charge in [-0.1, -0.05) is 17.7 Å². The van der Waals surface area contributed by atoms with E-state index < -0.39 is 0 Å². The maximum atomic E-state index is 6.09. The highest BCUT2D eigenvalue weighted by Gasteiger charge is 2.07. The fourth-order valence-electron chi connectivity index (χ4n) is 1.62. The van der Waals surface area contributed by atoms with Crippen molar-refractivity contribution in [3.05, 3.63) is 46.2 Å². The van der Waals surface area contributed by atoms with Crippen molar-refractivity contribution in [2.24, 2.45) is 5.73 Å². The minimum absolute atomic E-state index is 0.505. The number of rotatable bonds is 2. The second-order valence-electron chi connectivity index (χ2n) is 3.80. The van der Waals surface area contributed by atoms with Gasteiger partial charge in [-0.2, -0.15) is 5.10 Å². The van der Waals surface area contributed by atoms with Gasteiger partial charge >= 0.3 is 0 Å². The lowest BCUT2D eigenvalue weighted by Crippen LogP contribution is -2.02. The van der Waals surface area contributed by atoms with Gasteiger partial charge in [0.05, 0.1) is 11.9 Å². The van der Waals surface area contributed by atoms with Crippen LogP contribution in [0.5, 0.6) is 0 Å². The lowest BCUT2D eigenvalue weighted by molar-refractivity contribution is 0.843. The van der Waals surface area contributed by atoms with Crippen molar-refractivity contribution in [2.45, 2.75) is 20.4 Å². The summed E-state index contributed by atoms with van der Waals surface area (Å²) in [7, 11) is 0. The molecule has 1 heterocycles. The highest BCUT2D eigenvalue weighted by atomic mass is 35.5. The number of hydrogen-bond acceptors (Lipinski definition) is 2. The SMILES string of the molecule is Cc1ccc(-n2ncc(CN)c2C)cc1Cl. The van der Waals surface area contributed by atoms with Gasteiger partial charge in [-0.05, 0) is 31.5 Å². The van der Waals surface area contributed by atoms with E-state index in [2.05, 4.69) is 5.10 Å². The monoisotopic (exact) mass is 235 g/mol. The molecule has 2 aromatic rings. The Bertz CT molecular complexity index is 517. The van der Waals surface area contributed by atoms with Crippen molar-refractivity contribution in [1.29, 1.82) is 0 Å². The number of nitrogens with zero attached hydrogens (tertiary/aromatic N) is 2. The summed E-state index contributed by atoms with van der Waals surface area (Å²) in [4.78, 5) is 0. The molecule has 0 radical (unpaired) electrons. The Morgan fingerprint density at radius 2 is 2.12 bits per heavy atom. The van der Waals surface area contributed by atoms with E-state index in [0.29, 0.717) is 6.54 Å². The Balaban J connectivity index is 2.50. The van der Waals surface area contributed by atoms with E-state index in [0.717, 1.165) is 27.5 Å². The summed E-state index contributed by atoms with van der Waals surface area (Å²) in [6, 6.07) is 5.90. The van der Waals surface area contributed by atoms with E-state index in [1.807, 2.05) is 36.7 Å². The normalized spacial score (nSPS) is 10.8. The molecule has 0 spiro atoms. The number of halogens is 1. The number of aryl methyl sites for hydroxylation is 1. The maximum Gasteiger partial charge on any atom is 0.0663 e. The molecule has 0 bridgehead atoms. The molecule has 0 saturated carbocycles. The summed E-state index contributed by atoms with van der Waals surface area (Å²) in [6.45, 7) is 4.49. The molecule has 0 atom stereocenters. The van der Waals surface area contributed by atoms with Crippen molar-refractivity contribution < 1.29 is 0 Å². The molecule has 2 N–H and O–H groups in total. The van der Waals surface area contributed by atoms with Gasteiger partial charge in [-0.15, -0.1) is 0 Å². The summed E-state index contributed by atoms with van der Waals surface area (Å²) in [5, 5.41) is 5.06. The molecule has 2 rings (SSSR count). The highest BCUT2D eigenvalue weighted by Crippen LogP contribution is 2.20.